The zero-order valence-corrected chi connectivity index (χ0v) is 14.1. The number of rotatable bonds is 3. The second kappa shape index (κ2) is 5.76. The summed E-state index contributed by atoms with van der Waals surface area (Å²) >= 11 is 5.94. The normalized spacial score (nSPS) is 24.2. The number of halogens is 1. The lowest BCUT2D eigenvalue weighted by Gasteiger charge is -2.38. The molecule has 2 rings (SSSR count). The topological polar surface area (TPSA) is 72.6 Å². The largest absolute Gasteiger partial charge is 0.397 e. The Hall–Kier alpha value is -0.820. The fourth-order valence-electron chi connectivity index (χ4n) is 2.62. The number of benzene rings is 1. The highest BCUT2D eigenvalue weighted by Gasteiger charge is 2.37. The molecule has 0 bridgehead atoms. The molecule has 1 aliphatic rings. The second-order valence-corrected chi connectivity index (χ2v) is 8.05. The van der Waals surface area contributed by atoms with Gasteiger partial charge in [0.15, 0.2) is 0 Å². The van der Waals surface area contributed by atoms with E-state index in [1.54, 1.807) is 20.1 Å². The summed E-state index contributed by atoms with van der Waals surface area (Å²) in [6.07, 6.45) is 1.61. The highest BCUT2D eigenvalue weighted by atomic mass is 35.5. The molecule has 1 unspecified atom stereocenters. The summed E-state index contributed by atoms with van der Waals surface area (Å²) in [6.45, 7) is 4.48. The van der Waals surface area contributed by atoms with Gasteiger partial charge in [0.05, 0.1) is 21.2 Å². The van der Waals surface area contributed by atoms with Gasteiger partial charge in [0.25, 0.3) is 0 Å². The Kier molecular flexibility index (Phi) is 4.54. The number of ether oxygens (including phenoxy) is 1. The number of anilines is 1. The van der Waals surface area contributed by atoms with Crippen molar-refractivity contribution in [3.63, 3.8) is 0 Å². The molecular formula is C14H21ClN2O3S. The van der Waals surface area contributed by atoms with Gasteiger partial charge in [-0.2, -0.15) is 4.31 Å². The number of aryl methyl sites for hydroxylation is 1. The van der Waals surface area contributed by atoms with Crippen LogP contribution in [0.5, 0.6) is 0 Å². The van der Waals surface area contributed by atoms with Gasteiger partial charge in [-0.3, -0.25) is 0 Å². The van der Waals surface area contributed by atoms with E-state index < -0.39 is 15.6 Å². The summed E-state index contributed by atoms with van der Waals surface area (Å²) in [4.78, 5) is 0.213. The smallest absolute Gasteiger partial charge is 0.243 e. The summed E-state index contributed by atoms with van der Waals surface area (Å²) in [5.74, 6) is 0. The van der Waals surface area contributed by atoms with E-state index in [9.17, 15) is 8.42 Å². The number of nitrogens with zero attached hydrogens (tertiary/aromatic N) is 1. The average Bonchev–Trinajstić information content (AvgIpc) is 2.42. The van der Waals surface area contributed by atoms with Crippen LogP contribution in [0, 0.1) is 6.92 Å². The molecule has 1 heterocycles. The van der Waals surface area contributed by atoms with Gasteiger partial charge in [-0.15, -0.1) is 0 Å². The summed E-state index contributed by atoms with van der Waals surface area (Å²) in [5, 5.41) is 0.367. The van der Waals surface area contributed by atoms with Crippen molar-refractivity contribution in [2.24, 2.45) is 0 Å². The van der Waals surface area contributed by atoms with Crippen LogP contribution in [0.4, 0.5) is 5.69 Å². The predicted octanol–water partition coefficient (Wildman–Crippen LogP) is 2.42. The number of hydrogen-bond acceptors (Lipinski definition) is 4. The van der Waals surface area contributed by atoms with Crippen molar-refractivity contribution < 1.29 is 13.2 Å². The zero-order valence-electron chi connectivity index (χ0n) is 12.5. The van der Waals surface area contributed by atoms with E-state index >= 15 is 0 Å². The lowest BCUT2D eigenvalue weighted by molar-refractivity contribution is -0.0319. The molecule has 118 valence electrons. The number of nitrogen functional groups attached to an aromatic ring is 1. The Balaban J connectivity index is 2.41. The van der Waals surface area contributed by atoms with E-state index in [-0.39, 0.29) is 10.6 Å². The van der Waals surface area contributed by atoms with Crippen LogP contribution in [0.2, 0.25) is 5.02 Å². The maximum absolute atomic E-state index is 12.8. The first-order valence-electron chi connectivity index (χ1n) is 6.80. The minimum atomic E-state index is -3.60. The van der Waals surface area contributed by atoms with Crippen LogP contribution >= 0.6 is 11.6 Å². The minimum Gasteiger partial charge on any atom is -0.397 e. The van der Waals surface area contributed by atoms with Crippen molar-refractivity contribution in [1.82, 2.24) is 4.31 Å². The SMILES string of the molecule is COC1(C)CCCN(S(=O)(=O)c2cc(N)c(Cl)cc2C)C1. The fraction of sp³-hybridized carbons (Fsp3) is 0.571. The number of methoxy groups -OCH3 is 1. The third-order valence-electron chi connectivity index (χ3n) is 4.03. The quantitative estimate of drug-likeness (QED) is 0.863. The molecule has 0 amide bonds. The molecule has 0 spiro atoms. The summed E-state index contributed by atoms with van der Waals surface area (Å²) < 4.78 is 32.6. The molecule has 2 N–H and O–H groups in total. The van der Waals surface area contributed by atoms with E-state index in [1.165, 1.54) is 10.4 Å². The highest BCUT2D eigenvalue weighted by molar-refractivity contribution is 7.89. The molecule has 1 atom stereocenters. The molecule has 1 aromatic rings. The third-order valence-corrected chi connectivity index (χ3v) is 6.34. The number of nitrogens with two attached hydrogens (primary N) is 1. The molecule has 5 nitrogen and oxygen atoms in total. The lowest BCUT2D eigenvalue weighted by atomic mass is 9.96. The molecule has 0 aromatic heterocycles. The first-order chi connectivity index (χ1) is 9.69. The van der Waals surface area contributed by atoms with Gasteiger partial charge >= 0.3 is 0 Å². The van der Waals surface area contributed by atoms with Crippen LogP contribution in [0.3, 0.4) is 0 Å². The van der Waals surface area contributed by atoms with Crippen molar-refractivity contribution in [3.05, 3.63) is 22.7 Å². The fourth-order valence-corrected chi connectivity index (χ4v) is 4.67. The average molecular weight is 333 g/mol. The molecule has 7 heteroatoms. The Labute approximate surface area is 131 Å². The standard InChI is InChI=1S/C14H21ClN2O3S/c1-10-7-11(15)12(16)8-13(10)21(18,19)17-6-4-5-14(2,9-17)20-3/h7-8H,4-6,9,16H2,1-3H3. The van der Waals surface area contributed by atoms with Crippen molar-refractivity contribution in [3.8, 4) is 0 Å². The lowest BCUT2D eigenvalue weighted by Crippen LogP contribution is -2.49. The van der Waals surface area contributed by atoms with Gasteiger partial charge in [-0.05, 0) is 44.4 Å². The Morgan fingerprint density at radius 3 is 2.71 bits per heavy atom. The Bertz CT molecular complexity index is 648. The molecule has 1 aliphatic heterocycles. The molecule has 0 saturated carbocycles. The first-order valence-corrected chi connectivity index (χ1v) is 8.62. The van der Waals surface area contributed by atoms with Crippen molar-refractivity contribution >= 4 is 27.3 Å². The third kappa shape index (κ3) is 3.18. The Morgan fingerprint density at radius 1 is 1.43 bits per heavy atom. The van der Waals surface area contributed by atoms with Crippen LogP contribution in [-0.2, 0) is 14.8 Å². The van der Waals surface area contributed by atoms with E-state index in [0.29, 0.717) is 23.7 Å². The van der Waals surface area contributed by atoms with Crippen LogP contribution < -0.4 is 5.73 Å². The summed E-state index contributed by atoms with van der Waals surface area (Å²) in [5.41, 5.74) is 6.18. The van der Waals surface area contributed by atoms with Crippen LogP contribution in [0.25, 0.3) is 0 Å². The molecule has 0 radical (unpaired) electrons. The summed E-state index contributed by atoms with van der Waals surface area (Å²) in [6, 6.07) is 3.02. The molecule has 1 fully saturated rings. The Morgan fingerprint density at radius 2 is 2.10 bits per heavy atom. The number of sulfonamides is 1. The van der Waals surface area contributed by atoms with Crippen LogP contribution in [-0.4, -0.2) is 38.5 Å². The van der Waals surface area contributed by atoms with Crippen LogP contribution in [0.1, 0.15) is 25.3 Å². The predicted molar refractivity (Wildman–Crippen MR) is 84.0 cm³/mol. The molecule has 1 aromatic carbocycles. The zero-order chi connectivity index (χ0) is 15.8. The molecular weight excluding hydrogens is 312 g/mol. The van der Waals surface area contributed by atoms with E-state index in [4.69, 9.17) is 22.1 Å². The number of piperidine rings is 1. The minimum absolute atomic E-state index is 0.213. The molecule has 0 aliphatic carbocycles. The first kappa shape index (κ1) is 16.5. The molecule has 21 heavy (non-hydrogen) atoms. The van der Waals surface area contributed by atoms with E-state index in [2.05, 4.69) is 0 Å². The number of hydrogen-bond donors (Lipinski definition) is 1. The molecule has 1 saturated heterocycles. The van der Waals surface area contributed by atoms with Crippen molar-refractivity contribution in [2.75, 3.05) is 25.9 Å². The van der Waals surface area contributed by atoms with E-state index in [1.807, 2.05) is 6.92 Å². The van der Waals surface area contributed by atoms with Gasteiger partial charge < -0.3 is 10.5 Å². The van der Waals surface area contributed by atoms with Gasteiger partial charge in [0.2, 0.25) is 10.0 Å². The van der Waals surface area contributed by atoms with Crippen molar-refractivity contribution in [1.29, 1.82) is 0 Å². The van der Waals surface area contributed by atoms with Gasteiger partial charge in [-0.1, -0.05) is 11.6 Å². The van der Waals surface area contributed by atoms with E-state index in [0.717, 1.165) is 12.8 Å². The maximum Gasteiger partial charge on any atom is 0.243 e. The monoisotopic (exact) mass is 332 g/mol. The van der Waals surface area contributed by atoms with Crippen molar-refractivity contribution in [2.45, 2.75) is 37.2 Å². The second-order valence-electron chi connectivity index (χ2n) is 5.74. The van der Waals surface area contributed by atoms with Gasteiger partial charge in [-0.25, -0.2) is 8.42 Å². The van der Waals surface area contributed by atoms with Gasteiger partial charge in [0.1, 0.15) is 0 Å². The van der Waals surface area contributed by atoms with Gasteiger partial charge in [0, 0.05) is 20.2 Å². The highest BCUT2D eigenvalue weighted by Crippen LogP contribution is 2.32. The van der Waals surface area contributed by atoms with Crippen LogP contribution in [0.15, 0.2) is 17.0 Å². The summed E-state index contributed by atoms with van der Waals surface area (Å²) in [7, 11) is -1.99. The maximum atomic E-state index is 12.8.